The molecule has 1 aromatic rings. The molecule has 1 atom stereocenters. The summed E-state index contributed by atoms with van der Waals surface area (Å²) >= 11 is 5.00. The Kier molecular flexibility index (Phi) is 7.91. The van der Waals surface area contributed by atoms with Crippen molar-refractivity contribution < 1.29 is 19.7 Å². The fraction of sp³-hybridized carbons (Fsp3) is 0.417. The Morgan fingerprint density at radius 1 is 1.44 bits per heavy atom. The van der Waals surface area contributed by atoms with Crippen molar-refractivity contribution in [2.45, 2.75) is 19.4 Å². The van der Waals surface area contributed by atoms with Gasteiger partial charge in [-0.3, -0.25) is 4.79 Å². The molecule has 0 bridgehead atoms. The maximum atomic E-state index is 11.0. The molecule has 1 unspecified atom stereocenters. The Labute approximate surface area is 111 Å². The average Bonchev–Trinajstić information content (AvgIpc) is 2.33. The van der Waals surface area contributed by atoms with Gasteiger partial charge in [-0.1, -0.05) is 13.0 Å². The maximum Gasteiger partial charge on any atom is 0.322 e. The van der Waals surface area contributed by atoms with Gasteiger partial charge in [0.1, 0.15) is 6.04 Å². The zero-order valence-corrected chi connectivity index (χ0v) is 11.1. The third-order valence-electron chi connectivity index (χ3n) is 2.00. The fourth-order valence-electron chi connectivity index (χ4n) is 1.18. The Morgan fingerprint density at radius 2 is 2.00 bits per heavy atom. The Balaban J connectivity index is 0.000000873. The van der Waals surface area contributed by atoms with Gasteiger partial charge in [-0.15, -0.1) is 11.6 Å². The summed E-state index contributed by atoms with van der Waals surface area (Å²) < 4.78 is 4.46. The number of alkyl halides is 1. The number of carbonyl (C=O) groups is 1. The van der Waals surface area contributed by atoms with Crippen LogP contribution in [0.2, 0.25) is 0 Å². The van der Waals surface area contributed by atoms with Gasteiger partial charge in [0.2, 0.25) is 0 Å². The number of nitrogens with two attached hydrogens (primary N) is 1. The van der Waals surface area contributed by atoms with Crippen molar-refractivity contribution in [1.82, 2.24) is 0 Å². The number of hydrogen-bond donors (Lipinski definition) is 3. The van der Waals surface area contributed by atoms with Crippen LogP contribution in [0.3, 0.4) is 0 Å². The van der Waals surface area contributed by atoms with E-state index in [-0.39, 0.29) is 17.9 Å². The van der Waals surface area contributed by atoms with E-state index in [1.807, 2.05) is 6.92 Å². The fourth-order valence-corrected chi connectivity index (χ4v) is 1.18. The summed E-state index contributed by atoms with van der Waals surface area (Å²) in [6.45, 7) is 1.89. The standard InChI is InChI=1S/C10H13NO4.C2H5Cl/c1-15-10(14)7(11)4-6-2-3-8(12)9(13)5-6;1-2-3/h2-3,5,7,12-13H,4,11H2,1H3;2H2,1H3. The van der Waals surface area contributed by atoms with Crippen LogP contribution < -0.4 is 5.73 Å². The van der Waals surface area contributed by atoms with Crippen molar-refractivity contribution in [3.05, 3.63) is 23.8 Å². The minimum absolute atomic E-state index is 0.203. The van der Waals surface area contributed by atoms with Crippen LogP contribution in [0.25, 0.3) is 0 Å². The molecule has 0 spiro atoms. The van der Waals surface area contributed by atoms with E-state index in [4.69, 9.17) is 22.4 Å². The van der Waals surface area contributed by atoms with Crippen molar-refractivity contribution >= 4 is 17.6 Å². The highest BCUT2D eigenvalue weighted by atomic mass is 35.5. The maximum absolute atomic E-state index is 11.0. The number of methoxy groups -OCH3 is 1. The third-order valence-corrected chi connectivity index (χ3v) is 2.00. The van der Waals surface area contributed by atoms with Crippen LogP contribution in [0.1, 0.15) is 12.5 Å². The molecule has 0 saturated carbocycles. The molecule has 0 heterocycles. The number of carbonyl (C=O) groups excluding carboxylic acids is 1. The lowest BCUT2D eigenvalue weighted by atomic mass is 10.1. The quantitative estimate of drug-likeness (QED) is 0.440. The van der Waals surface area contributed by atoms with E-state index in [1.165, 1.54) is 19.2 Å². The van der Waals surface area contributed by atoms with E-state index in [1.54, 1.807) is 6.07 Å². The van der Waals surface area contributed by atoms with Crippen molar-refractivity contribution in [2.75, 3.05) is 13.0 Å². The minimum atomic E-state index is -0.765. The van der Waals surface area contributed by atoms with Gasteiger partial charge in [-0.2, -0.15) is 0 Å². The van der Waals surface area contributed by atoms with E-state index in [2.05, 4.69) is 4.74 Å². The number of esters is 1. The molecule has 1 rings (SSSR count). The van der Waals surface area contributed by atoms with Gasteiger partial charge >= 0.3 is 5.97 Å². The summed E-state index contributed by atoms with van der Waals surface area (Å²) in [5, 5.41) is 18.3. The second-order valence-electron chi connectivity index (χ2n) is 3.42. The van der Waals surface area contributed by atoms with E-state index < -0.39 is 12.0 Å². The van der Waals surface area contributed by atoms with Crippen molar-refractivity contribution in [2.24, 2.45) is 5.73 Å². The molecule has 6 heteroatoms. The highest BCUT2D eigenvalue weighted by Crippen LogP contribution is 2.25. The molecule has 0 aromatic heterocycles. The molecule has 5 nitrogen and oxygen atoms in total. The predicted octanol–water partition coefficient (Wildman–Crippen LogP) is 1.39. The SMILES string of the molecule is CCCl.COC(=O)C(N)Cc1ccc(O)c(O)c1. The number of ether oxygens (including phenoxy) is 1. The van der Waals surface area contributed by atoms with E-state index in [0.29, 0.717) is 5.56 Å². The number of halogens is 1. The second kappa shape index (κ2) is 8.60. The summed E-state index contributed by atoms with van der Waals surface area (Å²) in [6.07, 6.45) is 0.251. The normalized spacial score (nSPS) is 11.1. The molecule has 102 valence electrons. The lowest BCUT2D eigenvalue weighted by Gasteiger charge is -2.09. The summed E-state index contributed by atoms with van der Waals surface area (Å²) in [6, 6.07) is 3.52. The van der Waals surface area contributed by atoms with Gasteiger partial charge in [0.15, 0.2) is 11.5 Å². The van der Waals surface area contributed by atoms with Crippen LogP contribution in [-0.4, -0.2) is 35.2 Å². The lowest BCUT2D eigenvalue weighted by Crippen LogP contribution is -2.33. The number of phenols is 2. The Hall–Kier alpha value is -1.46. The van der Waals surface area contributed by atoms with Gasteiger partial charge in [-0.05, 0) is 24.1 Å². The lowest BCUT2D eigenvalue weighted by molar-refractivity contribution is -0.142. The van der Waals surface area contributed by atoms with Crippen LogP contribution in [0, 0.1) is 0 Å². The van der Waals surface area contributed by atoms with Crippen LogP contribution in [0.15, 0.2) is 18.2 Å². The molecular formula is C12H18ClNO4. The Bertz CT molecular complexity index is 384. The second-order valence-corrected chi connectivity index (χ2v) is 3.96. The number of rotatable bonds is 3. The molecule has 0 aliphatic heterocycles. The summed E-state index contributed by atoms with van der Waals surface area (Å²) in [5.74, 6) is -0.225. The Morgan fingerprint density at radius 3 is 2.44 bits per heavy atom. The predicted molar refractivity (Wildman–Crippen MR) is 69.9 cm³/mol. The first-order chi connectivity index (χ1) is 8.46. The summed E-state index contributed by atoms with van der Waals surface area (Å²) in [4.78, 5) is 11.0. The smallest absolute Gasteiger partial charge is 0.322 e. The molecule has 18 heavy (non-hydrogen) atoms. The summed E-state index contributed by atoms with van der Waals surface area (Å²) in [5.41, 5.74) is 6.18. The molecule has 0 aliphatic carbocycles. The zero-order chi connectivity index (χ0) is 14.1. The molecule has 4 N–H and O–H groups in total. The molecule has 0 fully saturated rings. The van der Waals surface area contributed by atoms with Gasteiger partial charge < -0.3 is 20.7 Å². The largest absolute Gasteiger partial charge is 0.504 e. The molecule has 1 aromatic carbocycles. The van der Waals surface area contributed by atoms with Crippen molar-refractivity contribution in [3.63, 3.8) is 0 Å². The number of hydrogen-bond acceptors (Lipinski definition) is 5. The number of aromatic hydroxyl groups is 2. The van der Waals surface area contributed by atoms with Gasteiger partial charge in [0.25, 0.3) is 0 Å². The molecule has 0 saturated heterocycles. The first kappa shape index (κ1) is 16.5. The zero-order valence-electron chi connectivity index (χ0n) is 10.4. The van der Waals surface area contributed by atoms with Crippen LogP contribution in [0.4, 0.5) is 0 Å². The number of phenolic OH excluding ortho intramolecular Hbond substituents is 2. The minimum Gasteiger partial charge on any atom is -0.504 e. The van der Waals surface area contributed by atoms with E-state index in [9.17, 15) is 9.90 Å². The van der Waals surface area contributed by atoms with Gasteiger partial charge in [0.05, 0.1) is 7.11 Å². The van der Waals surface area contributed by atoms with E-state index >= 15 is 0 Å². The first-order valence-corrected chi connectivity index (χ1v) is 5.89. The molecule has 0 aliphatic rings. The monoisotopic (exact) mass is 275 g/mol. The van der Waals surface area contributed by atoms with Gasteiger partial charge in [-0.25, -0.2) is 0 Å². The average molecular weight is 276 g/mol. The highest BCUT2D eigenvalue weighted by Gasteiger charge is 2.14. The molecular weight excluding hydrogens is 258 g/mol. The van der Waals surface area contributed by atoms with Crippen LogP contribution >= 0.6 is 11.6 Å². The molecule has 0 amide bonds. The van der Waals surface area contributed by atoms with Crippen molar-refractivity contribution in [3.8, 4) is 11.5 Å². The molecule has 0 radical (unpaired) electrons. The van der Waals surface area contributed by atoms with Crippen molar-refractivity contribution in [1.29, 1.82) is 0 Å². The van der Waals surface area contributed by atoms with Crippen LogP contribution in [0.5, 0.6) is 11.5 Å². The topological polar surface area (TPSA) is 92.8 Å². The van der Waals surface area contributed by atoms with Crippen LogP contribution in [-0.2, 0) is 16.0 Å². The first-order valence-electron chi connectivity index (χ1n) is 5.36. The number of benzene rings is 1. The highest BCUT2D eigenvalue weighted by molar-refractivity contribution is 6.17. The van der Waals surface area contributed by atoms with Gasteiger partial charge in [0, 0.05) is 5.88 Å². The summed E-state index contributed by atoms with van der Waals surface area (Å²) in [7, 11) is 1.26. The van der Waals surface area contributed by atoms with E-state index in [0.717, 1.165) is 5.88 Å². The third kappa shape index (κ3) is 5.75.